The van der Waals surface area contributed by atoms with Crippen molar-refractivity contribution >= 4 is 29.0 Å². The molecule has 0 aliphatic carbocycles. The Morgan fingerprint density at radius 2 is 2.00 bits per heavy atom. The largest absolute Gasteiger partial charge is 0.463 e. The van der Waals surface area contributed by atoms with Gasteiger partial charge in [0.15, 0.2) is 11.6 Å². The van der Waals surface area contributed by atoms with E-state index in [2.05, 4.69) is 20.4 Å². The fraction of sp³-hybridized carbons (Fsp3) is 0.286. The average molecular weight is 397 g/mol. The van der Waals surface area contributed by atoms with Crippen LogP contribution in [-0.2, 0) is 4.79 Å². The molecule has 1 aromatic carbocycles. The molecule has 1 saturated heterocycles. The minimum atomic E-state index is -0.0232. The van der Waals surface area contributed by atoms with Gasteiger partial charge in [-0.3, -0.25) is 4.79 Å². The second-order valence-electron chi connectivity index (χ2n) is 6.96. The molecule has 0 bridgehead atoms. The summed E-state index contributed by atoms with van der Waals surface area (Å²) in [7, 11) is 0. The van der Waals surface area contributed by atoms with Crippen LogP contribution >= 0.6 is 11.6 Å². The first-order valence-electron chi connectivity index (χ1n) is 9.30. The second kappa shape index (κ2) is 8.02. The van der Waals surface area contributed by atoms with E-state index in [1.165, 1.54) is 0 Å². The molecule has 0 saturated carbocycles. The van der Waals surface area contributed by atoms with E-state index in [0.29, 0.717) is 16.5 Å². The van der Waals surface area contributed by atoms with Crippen molar-refractivity contribution in [3.05, 3.63) is 59.3 Å². The molecule has 0 atom stereocenters. The molecule has 1 aliphatic heterocycles. The smallest absolute Gasteiger partial charge is 0.227 e. The van der Waals surface area contributed by atoms with Crippen LogP contribution in [-0.4, -0.2) is 29.2 Å². The fourth-order valence-corrected chi connectivity index (χ4v) is 3.56. The Morgan fingerprint density at radius 1 is 1.18 bits per heavy atom. The van der Waals surface area contributed by atoms with Crippen molar-refractivity contribution in [2.45, 2.75) is 19.8 Å². The molecule has 0 unspecified atom stereocenters. The molecule has 3 aromatic rings. The van der Waals surface area contributed by atoms with Gasteiger partial charge in [-0.2, -0.15) is 0 Å². The Kier molecular flexibility index (Phi) is 5.30. The van der Waals surface area contributed by atoms with Gasteiger partial charge in [-0.25, -0.2) is 0 Å². The van der Waals surface area contributed by atoms with Crippen molar-refractivity contribution in [1.82, 2.24) is 10.2 Å². The van der Waals surface area contributed by atoms with Gasteiger partial charge < -0.3 is 14.6 Å². The molecule has 28 heavy (non-hydrogen) atoms. The zero-order valence-electron chi connectivity index (χ0n) is 15.6. The fourth-order valence-electron chi connectivity index (χ4n) is 3.38. The maximum atomic E-state index is 12.6. The van der Waals surface area contributed by atoms with Gasteiger partial charge in [-0.05, 0) is 61.7 Å². The molecular formula is C21H21ClN4O2. The van der Waals surface area contributed by atoms with Crippen LogP contribution in [0.15, 0.2) is 53.1 Å². The first-order valence-corrected chi connectivity index (χ1v) is 9.67. The van der Waals surface area contributed by atoms with Crippen molar-refractivity contribution < 1.29 is 9.21 Å². The summed E-state index contributed by atoms with van der Waals surface area (Å²) < 4.78 is 5.34. The minimum absolute atomic E-state index is 0.0232. The molecular weight excluding hydrogens is 376 g/mol. The lowest BCUT2D eigenvalue weighted by atomic mass is 9.95. The van der Waals surface area contributed by atoms with Crippen LogP contribution < -0.4 is 10.2 Å². The number of furan rings is 1. The van der Waals surface area contributed by atoms with Gasteiger partial charge in [0.05, 0.1) is 6.26 Å². The highest BCUT2D eigenvalue weighted by Crippen LogP contribution is 2.26. The standard InChI is InChI=1S/C21H21ClN4O2/c1-14-4-5-16(22)13-18(14)23-21(27)15-8-10-26(11-9-15)20-7-6-17(24-25-20)19-3-2-12-28-19/h2-7,12-13,15H,8-11H2,1H3,(H,23,27). The predicted molar refractivity (Wildman–Crippen MR) is 109 cm³/mol. The number of hydrogen-bond donors (Lipinski definition) is 1. The Hall–Kier alpha value is -2.86. The summed E-state index contributed by atoms with van der Waals surface area (Å²) >= 11 is 6.04. The van der Waals surface area contributed by atoms with Crippen LogP contribution in [0.4, 0.5) is 11.5 Å². The number of hydrogen-bond acceptors (Lipinski definition) is 5. The minimum Gasteiger partial charge on any atom is -0.463 e. The monoisotopic (exact) mass is 396 g/mol. The van der Waals surface area contributed by atoms with Gasteiger partial charge in [0.25, 0.3) is 0 Å². The van der Waals surface area contributed by atoms with Crippen molar-refractivity contribution in [2.24, 2.45) is 5.92 Å². The molecule has 3 heterocycles. The number of rotatable bonds is 4. The Labute approximate surface area is 168 Å². The zero-order valence-corrected chi connectivity index (χ0v) is 16.3. The summed E-state index contributed by atoms with van der Waals surface area (Å²) in [6.07, 6.45) is 3.16. The Bertz CT molecular complexity index is 949. The van der Waals surface area contributed by atoms with Crippen LogP contribution in [0.3, 0.4) is 0 Å². The van der Waals surface area contributed by atoms with Crippen LogP contribution in [0.2, 0.25) is 5.02 Å². The molecule has 0 radical (unpaired) electrons. The number of carbonyl (C=O) groups is 1. The number of piperidine rings is 1. The van der Waals surface area contributed by atoms with E-state index >= 15 is 0 Å². The molecule has 6 nitrogen and oxygen atoms in total. The second-order valence-corrected chi connectivity index (χ2v) is 7.40. The van der Waals surface area contributed by atoms with Gasteiger partial charge in [-0.15, -0.1) is 10.2 Å². The third kappa shape index (κ3) is 4.02. The zero-order chi connectivity index (χ0) is 19.5. The van der Waals surface area contributed by atoms with E-state index < -0.39 is 0 Å². The summed E-state index contributed by atoms with van der Waals surface area (Å²) in [5, 5.41) is 12.2. The van der Waals surface area contributed by atoms with E-state index in [9.17, 15) is 4.79 Å². The third-order valence-corrected chi connectivity index (χ3v) is 5.31. The quantitative estimate of drug-likeness (QED) is 0.700. The van der Waals surface area contributed by atoms with Crippen molar-refractivity contribution in [3.8, 4) is 11.5 Å². The van der Waals surface area contributed by atoms with E-state index in [-0.39, 0.29) is 11.8 Å². The number of aromatic nitrogens is 2. The third-order valence-electron chi connectivity index (χ3n) is 5.07. The number of aryl methyl sites for hydroxylation is 1. The summed E-state index contributed by atoms with van der Waals surface area (Å²) in [5.74, 6) is 1.54. The highest BCUT2D eigenvalue weighted by molar-refractivity contribution is 6.31. The first-order chi connectivity index (χ1) is 13.6. The molecule has 7 heteroatoms. The molecule has 1 aliphatic rings. The Morgan fingerprint density at radius 3 is 2.68 bits per heavy atom. The van der Waals surface area contributed by atoms with Crippen molar-refractivity contribution in [3.63, 3.8) is 0 Å². The highest BCUT2D eigenvalue weighted by atomic mass is 35.5. The van der Waals surface area contributed by atoms with E-state index in [1.54, 1.807) is 12.3 Å². The van der Waals surface area contributed by atoms with Gasteiger partial charge in [0, 0.05) is 29.7 Å². The highest BCUT2D eigenvalue weighted by Gasteiger charge is 2.26. The maximum absolute atomic E-state index is 12.6. The molecule has 1 fully saturated rings. The van der Waals surface area contributed by atoms with Crippen LogP contribution in [0, 0.1) is 12.8 Å². The molecule has 2 aromatic heterocycles. The van der Waals surface area contributed by atoms with Gasteiger partial charge in [0.1, 0.15) is 5.69 Å². The number of halogens is 1. The van der Waals surface area contributed by atoms with Gasteiger partial charge in [-0.1, -0.05) is 17.7 Å². The summed E-state index contributed by atoms with van der Waals surface area (Å²) in [6, 6.07) is 13.1. The van der Waals surface area contributed by atoms with Crippen LogP contribution in [0.25, 0.3) is 11.5 Å². The number of nitrogens with zero attached hydrogens (tertiary/aromatic N) is 3. The summed E-state index contributed by atoms with van der Waals surface area (Å²) in [5.41, 5.74) is 2.49. The predicted octanol–water partition coefficient (Wildman–Crippen LogP) is 4.55. The number of carbonyl (C=O) groups excluding carboxylic acids is 1. The molecule has 4 rings (SSSR count). The SMILES string of the molecule is Cc1ccc(Cl)cc1NC(=O)C1CCN(c2ccc(-c3ccco3)nn2)CC1. The lowest BCUT2D eigenvalue weighted by molar-refractivity contribution is -0.120. The van der Waals surface area contributed by atoms with Gasteiger partial charge in [0.2, 0.25) is 5.91 Å². The normalized spacial score (nSPS) is 14.9. The lowest BCUT2D eigenvalue weighted by Gasteiger charge is -2.31. The molecule has 144 valence electrons. The maximum Gasteiger partial charge on any atom is 0.227 e. The van der Waals surface area contributed by atoms with Gasteiger partial charge >= 0.3 is 0 Å². The van der Waals surface area contributed by atoms with Crippen LogP contribution in [0.1, 0.15) is 18.4 Å². The van der Waals surface area contributed by atoms with E-state index in [1.807, 2.05) is 43.3 Å². The van der Waals surface area contributed by atoms with Crippen LogP contribution in [0.5, 0.6) is 0 Å². The number of benzene rings is 1. The van der Waals surface area contributed by atoms with E-state index in [0.717, 1.165) is 43.0 Å². The molecule has 0 spiro atoms. The summed E-state index contributed by atoms with van der Waals surface area (Å²) in [4.78, 5) is 14.8. The topological polar surface area (TPSA) is 71.3 Å². The average Bonchev–Trinajstić information content (AvgIpc) is 3.26. The van der Waals surface area contributed by atoms with Crippen molar-refractivity contribution in [2.75, 3.05) is 23.3 Å². The van der Waals surface area contributed by atoms with Crippen molar-refractivity contribution in [1.29, 1.82) is 0 Å². The number of amides is 1. The number of anilines is 2. The lowest BCUT2D eigenvalue weighted by Crippen LogP contribution is -2.38. The summed E-state index contributed by atoms with van der Waals surface area (Å²) in [6.45, 7) is 3.49. The first kappa shape index (κ1) is 18.5. The molecule has 1 N–H and O–H groups in total. The number of nitrogens with one attached hydrogen (secondary N) is 1. The Balaban J connectivity index is 1.35. The molecule has 1 amide bonds. The van der Waals surface area contributed by atoms with E-state index in [4.69, 9.17) is 16.0 Å².